The van der Waals surface area contributed by atoms with Crippen molar-refractivity contribution in [2.75, 3.05) is 5.32 Å². The molecule has 2 heteroatoms. The molecule has 2 rings (SSSR count). The van der Waals surface area contributed by atoms with Crippen LogP contribution in [0.3, 0.4) is 0 Å². The van der Waals surface area contributed by atoms with E-state index >= 15 is 0 Å². The number of halogens is 1. The van der Waals surface area contributed by atoms with E-state index in [4.69, 9.17) is 0 Å². The molecule has 2 aromatic carbocycles. The molecule has 0 bridgehead atoms. The summed E-state index contributed by atoms with van der Waals surface area (Å²) in [5, 5.41) is 3.27. The highest BCUT2D eigenvalue weighted by molar-refractivity contribution is 5.52. The first-order valence-corrected chi connectivity index (χ1v) is 5.71. The Morgan fingerprint density at radius 1 is 1.06 bits per heavy atom. The van der Waals surface area contributed by atoms with E-state index in [1.54, 1.807) is 12.1 Å². The van der Waals surface area contributed by atoms with Crippen molar-refractivity contribution in [1.29, 1.82) is 0 Å². The van der Waals surface area contributed by atoms with E-state index in [2.05, 4.69) is 23.5 Å². The summed E-state index contributed by atoms with van der Waals surface area (Å²) < 4.78 is 13.4. The smallest absolute Gasteiger partial charge is 0.128 e. The zero-order valence-corrected chi connectivity index (χ0v) is 10.1. The van der Waals surface area contributed by atoms with Crippen LogP contribution in [0, 0.1) is 19.7 Å². The van der Waals surface area contributed by atoms with E-state index in [-0.39, 0.29) is 5.82 Å². The summed E-state index contributed by atoms with van der Waals surface area (Å²) in [6, 6.07) is 13.1. The molecular weight excluding hydrogens is 213 g/mol. The molecule has 0 saturated carbocycles. The van der Waals surface area contributed by atoms with Crippen LogP contribution in [0.5, 0.6) is 0 Å². The maximum absolute atomic E-state index is 13.4. The molecule has 0 saturated heterocycles. The Bertz CT molecular complexity index is 520. The van der Waals surface area contributed by atoms with Gasteiger partial charge in [-0.05, 0) is 37.1 Å². The number of hydrogen-bond donors (Lipinski definition) is 1. The predicted octanol–water partition coefficient (Wildman–Crippen LogP) is 4.05. The second-order valence-corrected chi connectivity index (χ2v) is 4.26. The second kappa shape index (κ2) is 5.00. The molecule has 0 unspecified atom stereocenters. The number of aryl methyl sites for hydroxylation is 2. The Labute approximate surface area is 101 Å². The molecule has 0 aromatic heterocycles. The molecule has 0 fully saturated rings. The molecule has 2 aromatic rings. The summed E-state index contributed by atoms with van der Waals surface area (Å²) >= 11 is 0. The van der Waals surface area contributed by atoms with Gasteiger partial charge in [0.1, 0.15) is 5.82 Å². The quantitative estimate of drug-likeness (QED) is 0.837. The summed E-state index contributed by atoms with van der Waals surface area (Å²) in [6.45, 7) is 4.60. The van der Waals surface area contributed by atoms with Crippen molar-refractivity contribution in [3.8, 4) is 0 Å². The van der Waals surface area contributed by atoms with Crippen LogP contribution >= 0.6 is 0 Å². The van der Waals surface area contributed by atoms with Crippen LogP contribution in [-0.2, 0) is 6.54 Å². The first-order valence-electron chi connectivity index (χ1n) is 5.71. The summed E-state index contributed by atoms with van der Waals surface area (Å²) in [7, 11) is 0. The Hall–Kier alpha value is -1.83. The minimum Gasteiger partial charge on any atom is -0.381 e. The van der Waals surface area contributed by atoms with Crippen LogP contribution in [0.25, 0.3) is 0 Å². The van der Waals surface area contributed by atoms with E-state index in [0.717, 1.165) is 5.69 Å². The van der Waals surface area contributed by atoms with Gasteiger partial charge in [0.15, 0.2) is 0 Å². The number of rotatable bonds is 3. The molecule has 1 nitrogen and oxygen atoms in total. The molecule has 0 radical (unpaired) electrons. The van der Waals surface area contributed by atoms with Gasteiger partial charge in [-0.3, -0.25) is 0 Å². The Morgan fingerprint density at radius 3 is 2.59 bits per heavy atom. The van der Waals surface area contributed by atoms with Gasteiger partial charge in [0.2, 0.25) is 0 Å². The normalized spacial score (nSPS) is 10.3. The molecule has 0 heterocycles. The summed E-state index contributed by atoms with van der Waals surface area (Å²) in [4.78, 5) is 0. The maximum Gasteiger partial charge on any atom is 0.128 e. The fraction of sp³-hybridized carbons (Fsp3) is 0.200. The van der Waals surface area contributed by atoms with Crippen LogP contribution in [0.15, 0.2) is 42.5 Å². The molecule has 17 heavy (non-hydrogen) atoms. The van der Waals surface area contributed by atoms with Gasteiger partial charge in [-0.25, -0.2) is 4.39 Å². The maximum atomic E-state index is 13.4. The first kappa shape index (κ1) is 11.6. The molecule has 1 N–H and O–H groups in total. The second-order valence-electron chi connectivity index (χ2n) is 4.26. The largest absolute Gasteiger partial charge is 0.381 e. The lowest BCUT2D eigenvalue weighted by Gasteiger charge is -2.11. The van der Waals surface area contributed by atoms with Crippen LogP contribution in [0.2, 0.25) is 0 Å². The molecule has 0 aliphatic rings. The van der Waals surface area contributed by atoms with Gasteiger partial charge in [0, 0.05) is 17.8 Å². The number of anilines is 1. The van der Waals surface area contributed by atoms with E-state index < -0.39 is 0 Å². The minimum atomic E-state index is -0.162. The monoisotopic (exact) mass is 229 g/mol. The van der Waals surface area contributed by atoms with Crippen molar-refractivity contribution < 1.29 is 4.39 Å². The summed E-state index contributed by atoms with van der Waals surface area (Å²) in [5.74, 6) is -0.162. The highest BCUT2D eigenvalue weighted by Crippen LogP contribution is 2.18. The molecule has 0 aliphatic carbocycles. The van der Waals surface area contributed by atoms with E-state index in [0.29, 0.717) is 12.1 Å². The van der Waals surface area contributed by atoms with Crippen molar-refractivity contribution >= 4 is 5.69 Å². The van der Waals surface area contributed by atoms with Crippen molar-refractivity contribution in [3.05, 3.63) is 65.0 Å². The zero-order valence-electron chi connectivity index (χ0n) is 10.1. The standard InChI is InChI=1S/C15H16FN/c1-11-7-8-12(2)15(9-11)17-10-13-5-3-4-6-14(13)16/h3-9,17H,10H2,1-2H3. The third kappa shape index (κ3) is 2.84. The van der Waals surface area contributed by atoms with Crippen molar-refractivity contribution in [1.82, 2.24) is 0 Å². The van der Waals surface area contributed by atoms with Gasteiger partial charge in [0.05, 0.1) is 0 Å². The molecular formula is C15H16FN. The molecule has 0 amide bonds. The topological polar surface area (TPSA) is 12.0 Å². The third-order valence-electron chi connectivity index (χ3n) is 2.82. The van der Waals surface area contributed by atoms with Gasteiger partial charge in [-0.15, -0.1) is 0 Å². The number of benzene rings is 2. The van der Waals surface area contributed by atoms with E-state index in [9.17, 15) is 4.39 Å². The summed E-state index contributed by atoms with van der Waals surface area (Å²) in [6.07, 6.45) is 0. The minimum absolute atomic E-state index is 0.162. The molecule has 0 spiro atoms. The summed E-state index contributed by atoms with van der Waals surface area (Å²) in [5.41, 5.74) is 4.13. The number of nitrogens with one attached hydrogen (secondary N) is 1. The van der Waals surface area contributed by atoms with Gasteiger partial charge >= 0.3 is 0 Å². The van der Waals surface area contributed by atoms with Crippen LogP contribution in [0.4, 0.5) is 10.1 Å². The number of hydrogen-bond acceptors (Lipinski definition) is 1. The van der Waals surface area contributed by atoms with Gasteiger partial charge in [-0.1, -0.05) is 30.3 Å². The highest BCUT2D eigenvalue weighted by Gasteiger charge is 2.02. The average molecular weight is 229 g/mol. The fourth-order valence-corrected chi connectivity index (χ4v) is 1.76. The van der Waals surface area contributed by atoms with Crippen LogP contribution in [-0.4, -0.2) is 0 Å². The average Bonchev–Trinajstić information content (AvgIpc) is 2.32. The van der Waals surface area contributed by atoms with E-state index in [1.807, 2.05) is 19.9 Å². The van der Waals surface area contributed by atoms with Gasteiger partial charge in [-0.2, -0.15) is 0 Å². The SMILES string of the molecule is Cc1ccc(C)c(NCc2ccccc2F)c1. The first-order chi connectivity index (χ1) is 8.16. The van der Waals surface area contributed by atoms with E-state index in [1.165, 1.54) is 17.2 Å². The van der Waals surface area contributed by atoms with Crippen molar-refractivity contribution in [3.63, 3.8) is 0 Å². The molecule has 0 atom stereocenters. The lowest BCUT2D eigenvalue weighted by atomic mass is 10.1. The van der Waals surface area contributed by atoms with Crippen LogP contribution < -0.4 is 5.32 Å². The Kier molecular flexibility index (Phi) is 3.43. The van der Waals surface area contributed by atoms with Crippen molar-refractivity contribution in [2.45, 2.75) is 20.4 Å². The third-order valence-corrected chi connectivity index (χ3v) is 2.82. The highest BCUT2D eigenvalue weighted by atomic mass is 19.1. The predicted molar refractivity (Wildman–Crippen MR) is 69.6 cm³/mol. The zero-order chi connectivity index (χ0) is 12.3. The fourth-order valence-electron chi connectivity index (χ4n) is 1.76. The van der Waals surface area contributed by atoms with Gasteiger partial charge < -0.3 is 5.32 Å². The lowest BCUT2D eigenvalue weighted by Crippen LogP contribution is -2.03. The Morgan fingerprint density at radius 2 is 1.82 bits per heavy atom. The van der Waals surface area contributed by atoms with Gasteiger partial charge in [0.25, 0.3) is 0 Å². The molecule has 88 valence electrons. The Balaban J connectivity index is 2.12. The molecule has 0 aliphatic heterocycles. The lowest BCUT2D eigenvalue weighted by molar-refractivity contribution is 0.613. The van der Waals surface area contributed by atoms with Crippen LogP contribution in [0.1, 0.15) is 16.7 Å². The van der Waals surface area contributed by atoms with Crippen molar-refractivity contribution in [2.24, 2.45) is 0 Å².